The smallest absolute Gasteiger partial charge is 0.194 e. The van der Waals surface area contributed by atoms with Crippen molar-refractivity contribution in [2.24, 2.45) is 10.4 Å². The molecular weight excluding hydrogens is 176 g/mol. The zero-order valence-electron chi connectivity index (χ0n) is 8.38. The Balaban J connectivity index is 1.95. The van der Waals surface area contributed by atoms with Crippen molar-refractivity contribution in [3.63, 3.8) is 0 Å². The van der Waals surface area contributed by atoms with E-state index in [9.17, 15) is 0 Å². The highest BCUT2D eigenvalue weighted by molar-refractivity contribution is 5.82. The molecule has 1 fully saturated rings. The molecule has 0 aromatic heterocycles. The zero-order valence-corrected chi connectivity index (χ0v) is 8.38. The van der Waals surface area contributed by atoms with Crippen molar-refractivity contribution in [1.29, 1.82) is 5.26 Å². The molecule has 2 heterocycles. The number of rotatable bonds is 0. The van der Waals surface area contributed by atoms with Crippen molar-refractivity contribution in [2.45, 2.75) is 6.92 Å². The van der Waals surface area contributed by atoms with Gasteiger partial charge in [0, 0.05) is 19.6 Å². The Labute approximate surface area is 83.9 Å². The van der Waals surface area contributed by atoms with Crippen LogP contribution in [0.25, 0.3) is 0 Å². The summed E-state index contributed by atoms with van der Waals surface area (Å²) in [7, 11) is 0. The average Bonchev–Trinajstić information content (AvgIpc) is 2.15. The summed E-state index contributed by atoms with van der Waals surface area (Å²) >= 11 is 0. The molecule has 0 aromatic carbocycles. The van der Waals surface area contributed by atoms with Gasteiger partial charge in [0.2, 0.25) is 0 Å². The minimum atomic E-state index is -0.182. The lowest BCUT2D eigenvalue weighted by atomic mass is 9.84. The minimum absolute atomic E-state index is 0.182. The van der Waals surface area contributed by atoms with Gasteiger partial charge in [0.25, 0.3) is 0 Å². The number of likely N-dealkylation sites (tertiary alicyclic amines) is 1. The first kappa shape index (κ1) is 9.07. The van der Waals surface area contributed by atoms with E-state index in [-0.39, 0.29) is 5.41 Å². The Hall–Kier alpha value is -1.50. The number of nitrogens with one attached hydrogen (secondary N) is 1. The van der Waals surface area contributed by atoms with Crippen LogP contribution in [-0.2, 0) is 0 Å². The molecule has 1 saturated heterocycles. The number of hydrogen-bond donors (Lipinski definition) is 1. The van der Waals surface area contributed by atoms with Gasteiger partial charge >= 0.3 is 0 Å². The lowest BCUT2D eigenvalue weighted by Gasteiger charge is -2.45. The summed E-state index contributed by atoms with van der Waals surface area (Å²) in [6, 6.07) is 2.31. The van der Waals surface area contributed by atoms with Crippen LogP contribution in [-0.4, -0.2) is 37.0 Å². The lowest BCUT2D eigenvalue weighted by molar-refractivity contribution is 0.131. The number of hydrogen-bond acceptors (Lipinski definition) is 4. The highest BCUT2D eigenvalue weighted by Gasteiger charge is 2.40. The first-order valence-corrected chi connectivity index (χ1v) is 4.74. The van der Waals surface area contributed by atoms with Crippen molar-refractivity contribution >= 4 is 5.96 Å². The molecule has 1 N–H and O–H groups in total. The van der Waals surface area contributed by atoms with Crippen LogP contribution in [0, 0.1) is 16.7 Å². The summed E-state index contributed by atoms with van der Waals surface area (Å²) in [4.78, 5) is 6.46. The largest absolute Gasteiger partial charge is 0.352 e. The number of guanidine groups is 1. The number of nitrogens with zero attached hydrogens (tertiary/aromatic N) is 3. The minimum Gasteiger partial charge on any atom is -0.352 e. The third kappa shape index (κ3) is 1.46. The first-order valence-electron chi connectivity index (χ1n) is 4.74. The molecule has 0 bridgehead atoms. The second-order valence-corrected chi connectivity index (χ2v) is 4.27. The quantitative estimate of drug-likeness (QED) is 0.561. The fourth-order valence-electron chi connectivity index (χ4n) is 1.73. The van der Waals surface area contributed by atoms with E-state index in [1.54, 1.807) is 0 Å². The average molecular weight is 190 g/mol. The van der Waals surface area contributed by atoms with Gasteiger partial charge in [-0.25, -0.2) is 4.99 Å². The van der Waals surface area contributed by atoms with Gasteiger partial charge in [0.1, 0.15) is 0 Å². The fourth-order valence-corrected chi connectivity index (χ4v) is 1.73. The van der Waals surface area contributed by atoms with Crippen molar-refractivity contribution in [1.82, 2.24) is 10.2 Å². The van der Waals surface area contributed by atoms with Crippen LogP contribution in [0.1, 0.15) is 6.92 Å². The van der Waals surface area contributed by atoms with Crippen molar-refractivity contribution in [3.05, 3.63) is 12.2 Å². The fraction of sp³-hybridized carbons (Fsp3) is 0.600. The van der Waals surface area contributed by atoms with Gasteiger partial charge in [0.15, 0.2) is 5.96 Å². The summed E-state index contributed by atoms with van der Waals surface area (Å²) in [6.07, 6.45) is 0. The summed E-state index contributed by atoms with van der Waals surface area (Å²) in [5.41, 5.74) is 0.927. The SMILES string of the molecule is C=C1CN=C(N2CC(C)(C#N)C2)NC1. The van der Waals surface area contributed by atoms with Crippen LogP contribution in [0.2, 0.25) is 0 Å². The molecule has 0 aromatic rings. The molecule has 0 spiro atoms. The van der Waals surface area contributed by atoms with Crippen LogP contribution >= 0.6 is 0 Å². The normalized spacial score (nSPS) is 24.4. The van der Waals surface area contributed by atoms with Crippen molar-refractivity contribution < 1.29 is 0 Å². The van der Waals surface area contributed by atoms with Gasteiger partial charge in [-0.1, -0.05) is 6.58 Å². The molecule has 4 heteroatoms. The molecule has 4 nitrogen and oxygen atoms in total. The predicted octanol–water partition coefficient (Wildman–Crippen LogP) is 0.347. The zero-order chi connectivity index (χ0) is 10.2. The lowest BCUT2D eigenvalue weighted by Crippen LogP contribution is -2.60. The van der Waals surface area contributed by atoms with Gasteiger partial charge < -0.3 is 10.2 Å². The first-order chi connectivity index (χ1) is 6.63. The highest BCUT2D eigenvalue weighted by atomic mass is 15.3. The van der Waals surface area contributed by atoms with E-state index in [2.05, 4.69) is 27.9 Å². The van der Waals surface area contributed by atoms with E-state index in [0.717, 1.165) is 31.2 Å². The third-order valence-corrected chi connectivity index (χ3v) is 2.60. The monoisotopic (exact) mass is 190 g/mol. The van der Waals surface area contributed by atoms with Gasteiger partial charge in [-0.2, -0.15) is 5.26 Å². The van der Waals surface area contributed by atoms with Crippen LogP contribution in [0.15, 0.2) is 17.1 Å². The summed E-state index contributed by atoms with van der Waals surface area (Å²) in [5.74, 6) is 0.921. The molecule has 0 amide bonds. The summed E-state index contributed by atoms with van der Waals surface area (Å²) < 4.78 is 0. The van der Waals surface area contributed by atoms with E-state index >= 15 is 0 Å². The van der Waals surface area contributed by atoms with Crippen LogP contribution in [0.5, 0.6) is 0 Å². The molecule has 74 valence electrons. The van der Waals surface area contributed by atoms with Crippen LogP contribution in [0.3, 0.4) is 0 Å². The standard InChI is InChI=1S/C10H14N4/c1-8-3-12-9(13-4-8)14-6-10(2,5-11)7-14/h1,3-4,6-7H2,2H3,(H,12,13). The Bertz CT molecular complexity index is 331. The Morgan fingerprint density at radius 2 is 2.36 bits per heavy atom. The maximum Gasteiger partial charge on any atom is 0.194 e. The molecule has 14 heavy (non-hydrogen) atoms. The van der Waals surface area contributed by atoms with E-state index < -0.39 is 0 Å². The van der Waals surface area contributed by atoms with E-state index in [1.165, 1.54) is 0 Å². The number of aliphatic imine (C=N–C) groups is 1. The highest BCUT2D eigenvalue weighted by Crippen LogP contribution is 2.28. The third-order valence-electron chi connectivity index (χ3n) is 2.60. The molecule has 2 aliphatic heterocycles. The Morgan fingerprint density at radius 3 is 2.86 bits per heavy atom. The second kappa shape index (κ2) is 3.02. The van der Waals surface area contributed by atoms with E-state index in [1.807, 2.05) is 6.92 Å². The van der Waals surface area contributed by atoms with Crippen molar-refractivity contribution in [3.8, 4) is 6.07 Å². The topological polar surface area (TPSA) is 51.4 Å². The molecule has 0 aliphatic carbocycles. The summed E-state index contributed by atoms with van der Waals surface area (Å²) in [6.45, 7) is 8.91. The van der Waals surface area contributed by atoms with E-state index in [4.69, 9.17) is 5.26 Å². The molecule has 0 radical (unpaired) electrons. The molecule has 0 saturated carbocycles. The van der Waals surface area contributed by atoms with Gasteiger partial charge in [0.05, 0.1) is 18.0 Å². The van der Waals surface area contributed by atoms with E-state index in [0.29, 0.717) is 6.54 Å². The number of nitriles is 1. The van der Waals surface area contributed by atoms with Gasteiger partial charge in [-0.15, -0.1) is 0 Å². The Morgan fingerprint density at radius 1 is 1.64 bits per heavy atom. The van der Waals surface area contributed by atoms with Crippen LogP contribution < -0.4 is 5.32 Å². The van der Waals surface area contributed by atoms with Crippen molar-refractivity contribution in [2.75, 3.05) is 26.2 Å². The predicted molar refractivity (Wildman–Crippen MR) is 54.7 cm³/mol. The van der Waals surface area contributed by atoms with Crippen LogP contribution in [0.4, 0.5) is 0 Å². The summed E-state index contributed by atoms with van der Waals surface area (Å²) in [5, 5.41) is 12.1. The molecule has 0 atom stereocenters. The molecule has 2 rings (SSSR count). The molecule has 2 aliphatic rings. The van der Waals surface area contributed by atoms with Gasteiger partial charge in [-0.3, -0.25) is 0 Å². The maximum atomic E-state index is 8.85. The molecule has 0 unspecified atom stereocenters. The Kier molecular flexibility index (Phi) is 1.95. The van der Waals surface area contributed by atoms with Gasteiger partial charge in [-0.05, 0) is 12.5 Å². The second-order valence-electron chi connectivity index (χ2n) is 4.27. The molecular formula is C10H14N4. The maximum absolute atomic E-state index is 8.85.